The molecule has 3 aromatic rings. The van der Waals surface area contributed by atoms with Gasteiger partial charge in [0.2, 0.25) is 0 Å². The van der Waals surface area contributed by atoms with E-state index in [1.165, 1.54) is 5.56 Å². The van der Waals surface area contributed by atoms with Crippen molar-refractivity contribution in [3.05, 3.63) is 102 Å². The summed E-state index contributed by atoms with van der Waals surface area (Å²) < 4.78 is 0. The fourth-order valence-corrected chi connectivity index (χ4v) is 2.43. The quantitative estimate of drug-likeness (QED) is 0.673. The summed E-state index contributed by atoms with van der Waals surface area (Å²) in [7, 11) is 0. The fourth-order valence-electron chi connectivity index (χ4n) is 2.43. The van der Waals surface area contributed by atoms with E-state index in [0.29, 0.717) is 11.4 Å². The van der Waals surface area contributed by atoms with Crippen LogP contribution in [0.4, 0.5) is 0 Å². The number of benzene rings is 3. The van der Waals surface area contributed by atoms with Gasteiger partial charge in [-0.1, -0.05) is 84.9 Å². The van der Waals surface area contributed by atoms with Crippen molar-refractivity contribution in [1.29, 1.82) is 5.41 Å². The van der Waals surface area contributed by atoms with Gasteiger partial charge in [0.05, 0.1) is 5.71 Å². The van der Waals surface area contributed by atoms with Crippen molar-refractivity contribution in [1.82, 2.24) is 0 Å². The van der Waals surface area contributed by atoms with Gasteiger partial charge in [-0.05, 0) is 28.3 Å². The second kappa shape index (κ2) is 6.75. The van der Waals surface area contributed by atoms with Gasteiger partial charge in [-0.2, -0.15) is 0 Å². The van der Waals surface area contributed by atoms with E-state index in [1.807, 2.05) is 60.7 Å². The van der Waals surface area contributed by atoms with E-state index >= 15 is 0 Å². The van der Waals surface area contributed by atoms with Crippen molar-refractivity contribution in [3.8, 4) is 11.1 Å². The lowest BCUT2D eigenvalue weighted by Crippen LogP contribution is -2.02. The molecular formula is C21H18N2. The smallest absolute Gasteiger partial charge is 0.0632 e. The van der Waals surface area contributed by atoms with Gasteiger partial charge < -0.3 is 11.1 Å². The van der Waals surface area contributed by atoms with Gasteiger partial charge in [-0.3, -0.25) is 0 Å². The molecule has 2 nitrogen and oxygen atoms in total. The summed E-state index contributed by atoms with van der Waals surface area (Å²) in [6, 6.07) is 27.9. The molecule has 3 N–H and O–H groups in total. The van der Waals surface area contributed by atoms with Crippen molar-refractivity contribution in [2.24, 2.45) is 5.73 Å². The first kappa shape index (κ1) is 14.8. The van der Waals surface area contributed by atoms with Crippen LogP contribution in [-0.2, 0) is 0 Å². The number of nitrogens with two attached hydrogens (primary N) is 1. The van der Waals surface area contributed by atoms with Crippen LogP contribution >= 0.6 is 0 Å². The van der Waals surface area contributed by atoms with Crippen LogP contribution in [0.3, 0.4) is 0 Å². The van der Waals surface area contributed by atoms with E-state index in [1.54, 1.807) is 6.08 Å². The Kier molecular flexibility index (Phi) is 4.34. The lowest BCUT2D eigenvalue weighted by molar-refractivity contribution is 1.47. The third-order valence-electron chi connectivity index (χ3n) is 3.71. The molecule has 0 heterocycles. The van der Waals surface area contributed by atoms with Crippen LogP contribution in [0.1, 0.15) is 11.1 Å². The molecule has 0 unspecified atom stereocenters. The first-order valence-electron chi connectivity index (χ1n) is 7.51. The van der Waals surface area contributed by atoms with Crippen LogP contribution in [0.5, 0.6) is 0 Å². The maximum Gasteiger partial charge on any atom is 0.0632 e. The number of rotatable bonds is 4. The Bertz CT molecular complexity index is 817. The molecule has 0 fully saturated rings. The zero-order chi connectivity index (χ0) is 16.1. The van der Waals surface area contributed by atoms with E-state index in [-0.39, 0.29) is 0 Å². The zero-order valence-corrected chi connectivity index (χ0v) is 12.7. The predicted octanol–water partition coefficient (Wildman–Crippen LogP) is 4.72. The van der Waals surface area contributed by atoms with Gasteiger partial charge in [0.15, 0.2) is 0 Å². The highest BCUT2D eigenvalue weighted by molar-refractivity contribution is 6.10. The lowest BCUT2D eigenvalue weighted by Gasteiger charge is -2.06. The molecule has 0 aliphatic rings. The molecule has 0 radical (unpaired) electrons. The Hall–Kier alpha value is -3.13. The van der Waals surface area contributed by atoms with Crippen LogP contribution in [0, 0.1) is 5.41 Å². The average molecular weight is 298 g/mol. The van der Waals surface area contributed by atoms with Crippen LogP contribution < -0.4 is 5.73 Å². The minimum atomic E-state index is 0.412. The van der Waals surface area contributed by atoms with E-state index in [2.05, 4.69) is 24.3 Å². The summed E-state index contributed by atoms with van der Waals surface area (Å²) >= 11 is 0. The first-order chi connectivity index (χ1) is 11.2. The molecule has 0 aliphatic carbocycles. The normalized spacial score (nSPS) is 11.2. The zero-order valence-electron chi connectivity index (χ0n) is 12.7. The van der Waals surface area contributed by atoms with Crippen LogP contribution in [0.25, 0.3) is 16.8 Å². The predicted molar refractivity (Wildman–Crippen MR) is 97.3 cm³/mol. The molecule has 2 heteroatoms. The van der Waals surface area contributed by atoms with Gasteiger partial charge in [0.25, 0.3) is 0 Å². The highest BCUT2D eigenvalue weighted by atomic mass is 14.6. The Morgan fingerprint density at radius 2 is 1.17 bits per heavy atom. The Morgan fingerprint density at radius 1 is 0.652 bits per heavy atom. The molecule has 112 valence electrons. The van der Waals surface area contributed by atoms with Gasteiger partial charge in [-0.15, -0.1) is 0 Å². The summed E-state index contributed by atoms with van der Waals surface area (Å²) in [4.78, 5) is 0. The Balaban J connectivity index is 1.82. The molecule has 0 amide bonds. The highest BCUT2D eigenvalue weighted by Gasteiger charge is 2.02. The fraction of sp³-hybridized carbons (Fsp3) is 0. The number of nitrogens with one attached hydrogen (secondary N) is 1. The molecule has 0 bridgehead atoms. The molecule has 3 rings (SSSR count). The van der Waals surface area contributed by atoms with E-state index < -0.39 is 0 Å². The number of allylic oxidation sites excluding steroid dienone is 1. The minimum absolute atomic E-state index is 0.412. The largest absolute Gasteiger partial charge is 0.398 e. The summed E-state index contributed by atoms with van der Waals surface area (Å²) in [6.45, 7) is 0. The maximum absolute atomic E-state index is 8.13. The standard InChI is InChI=1S/C21H18N2/c22-20(18-9-5-2-6-10-18)15-21(23)19-13-11-17(12-14-19)16-7-3-1-4-8-16/h1-15,22H,23H2. The second-order valence-electron chi connectivity index (χ2n) is 5.32. The minimum Gasteiger partial charge on any atom is -0.398 e. The summed E-state index contributed by atoms with van der Waals surface area (Å²) in [5.41, 5.74) is 11.3. The first-order valence-corrected chi connectivity index (χ1v) is 7.51. The summed E-state index contributed by atoms with van der Waals surface area (Å²) in [6.07, 6.45) is 1.70. The number of hydrogen-bond acceptors (Lipinski definition) is 2. The molecule has 0 aliphatic heterocycles. The highest BCUT2D eigenvalue weighted by Crippen LogP contribution is 2.21. The van der Waals surface area contributed by atoms with Crippen LogP contribution in [-0.4, -0.2) is 5.71 Å². The summed E-state index contributed by atoms with van der Waals surface area (Å²) in [5.74, 6) is 0. The van der Waals surface area contributed by atoms with Crippen molar-refractivity contribution < 1.29 is 0 Å². The maximum atomic E-state index is 8.13. The number of hydrogen-bond donors (Lipinski definition) is 2. The molecule has 0 spiro atoms. The SMILES string of the molecule is N=C(C=C(N)c1ccc(-c2ccccc2)cc1)c1ccccc1. The molecule has 23 heavy (non-hydrogen) atoms. The summed E-state index contributed by atoms with van der Waals surface area (Å²) in [5, 5.41) is 8.13. The van der Waals surface area contributed by atoms with E-state index in [9.17, 15) is 0 Å². The van der Waals surface area contributed by atoms with Crippen molar-refractivity contribution in [2.75, 3.05) is 0 Å². The van der Waals surface area contributed by atoms with Gasteiger partial charge in [0.1, 0.15) is 0 Å². The van der Waals surface area contributed by atoms with E-state index in [4.69, 9.17) is 11.1 Å². The lowest BCUT2D eigenvalue weighted by atomic mass is 10.0. The molecule has 0 atom stereocenters. The van der Waals surface area contributed by atoms with Crippen molar-refractivity contribution >= 4 is 11.4 Å². The van der Waals surface area contributed by atoms with Crippen LogP contribution in [0.2, 0.25) is 0 Å². The molecule has 0 saturated heterocycles. The molecule has 3 aromatic carbocycles. The van der Waals surface area contributed by atoms with Gasteiger partial charge in [0, 0.05) is 5.70 Å². The van der Waals surface area contributed by atoms with Crippen molar-refractivity contribution in [3.63, 3.8) is 0 Å². The molecular weight excluding hydrogens is 280 g/mol. The second-order valence-corrected chi connectivity index (χ2v) is 5.32. The van der Waals surface area contributed by atoms with Crippen molar-refractivity contribution in [2.45, 2.75) is 0 Å². The third kappa shape index (κ3) is 3.55. The molecule has 0 aromatic heterocycles. The third-order valence-corrected chi connectivity index (χ3v) is 3.71. The molecule has 0 saturated carbocycles. The Labute approximate surface area is 136 Å². The van der Waals surface area contributed by atoms with E-state index in [0.717, 1.165) is 16.7 Å². The van der Waals surface area contributed by atoms with Gasteiger partial charge in [-0.25, -0.2) is 0 Å². The average Bonchev–Trinajstić information content (AvgIpc) is 2.63. The monoisotopic (exact) mass is 298 g/mol. The van der Waals surface area contributed by atoms with Crippen LogP contribution in [0.15, 0.2) is 91.0 Å². The van der Waals surface area contributed by atoms with Gasteiger partial charge >= 0.3 is 0 Å². The topological polar surface area (TPSA) is 49.9 Å². The Morgan fingerprint density at radius 3 is 1.78 bits per heavy atom.